The van der Waals surface area contributed by atoms with Gasteiger partial charge in [-0.05, 0) is 44.2 Å². The van der Waals surface area contributed by atoms with Gasteiger partial charge in [0.05, 0.1) is 10.8 Å². The van der Waals surface area contributed by atoms with Gasteiger partial charge in [-0.15, -0.1) is 11.3 Å². The molecule has 1 aliphatic rings. The van der Waals surface area contributed by atoms with Gasteiger partial charge in [0, 0.05) is 18.0 Å². The molecule has 0 fully saturated rings. The third-order valence-electron chi connectivity index (χ3n) is 4.04. The number of nitrogens with zero attached hydrogens (tertiary/aromatic N) is 1. The first kappa shape index (κ1) is 16.0. The Bertz CT molecular complexity index is 500. The molecule has 1 aromatic heterocycles. The highest BCUT2D eigenvalue weighted by Crippen LogP contribution is 2.29. The van der Waals surface area contributed by atoms with Crippen LogP contribution in [-0.4, -0.2) is 35.0 Å². The number of aliphatic carboxylic acids is 1. The van der Waals surface area contributed by atoms with Crippen molar-refractivity contribution in [3.63, 3.8) is 0 Å². The van der Waals surface area contributed by atoms with Crippen molar-refractivity contribution in [2.75, 3.05) is 13.1 Å². The molecule has 1 amide bonds. The number of aryl methyl sites for hydroxylation is 2. The van der Waals surface area contributed by atoms with Gasteiger partial charge in [0.2, 0.25) is 0 Å². The van der Waals surface area contributed by atoms with Crippen molar-refractivity contribution >= 4 is 23.2 Å². The topological polar surface area (TPSA) is 57.6 Å². The molecule has 1 heterocycles. The quantitative estimate of drug-likeness (QED) is 0.850. The van der Waals surface area contributed by atoms with Gasteiger partial charge < -0.3 is 10.0 Å². The van der Waals surface area contributed by atoms with Crippen molar-refractivity contribution in [3.8, 4) is 0 Å². The lowest BCUT2D eigenvalue weighted by Crippen LogP contribution is -2.36. The normalized spacial score (nSPS) is 15.9. The highest BCUT2D eigenvalue weighted by Gasteiger charge is 2.23. The van der Waals surface area contributed by atoms with E-state index in [1.165, 1.54) is 29.7 Å². The summed E-state index contributed by atoms with van der Waals surface area (Å²) in [5.41, 5.74) is 1.32. The van der Waals surface area contributed by atoms with E-state index in [-0.39, 0.29) is 12.5 Å². The summed E-state index contributed by atoms with van der Waals surface area (Å²) in [7, 11) is 0. The monoisotopic (exact) mass is 309 g/mol. The molecule has 4 nitrogen and oxygen atoms in total. The maximum Gasteiger partial charge on any atom is 0.308 e. The van der Waals surface area contributed by atoms with Crippen LogP contribution in [0.3, 0.4) is 0 Å². The molecule has 0 saturated heterocycles. The van der Waals surface area contributed by atoms with Gasteiger partial charge in [0.1, 0.15) is 0 Å². The fraction of sp³-hybridized carbons (Fsp3) is 0.625. The minimum Gasteiger partial charge on any atom is -0.481 e. The molecule has 0 spiro atoms. The van der Waals surface area contributed by atoms with Crippen molar-refractivity contribution in [2.24, 2.45) is 5.92 Å². The van der Waals surface area contributed by atoms with Crippen LogP contribution >= 0.6 is 11.3 Å². The lowest BCUT2D eigenvalue weighted by Gasteiger charge is -2.22. The predicted molar refractivity (Wildman–Crippen MR) is 84.0 cm³/mol. The zero-order valence-corrected chi connectivity index (χ0v) is 13.5. The van der Waals surface area contributed by atoms with Crippen LogP contribution in [0, 0.1) is 5.92 Å². The molecule has 5 heteroatoms. The van der Waals surface area contributed by atoms with Gasteiger partial charge in [0.15, 0.2) is 0 Å². The second-order valence-corrected chi connectivity index (χ2v) is 6.84. The number of carboxylic acid groups (broad SMARTS) is 1. The minimum absolute atomic E-state index is 0.0244. The van der Waals surface area contributed by atoms with Gasteiger partial charge in [-0.3, -0.25) is 9.59 Å². The number of carbonyl (C=O) groups excluding carboxylic acids is 1. The molecule has 0 radical (unpaired) electrons. The average Bonchev–Trinajstić information content (AvgIpc) is 2.74. The first-order valence-electron chi connectivity index (χ1n) is 7.66. The van der Waals surface area contributed by atoms with Gasteiger partial charge in [-0.25, -0.2) is 0 Å². The lowest BCUT2D eigenvalue weighted by molar-refractivity contribution is -0.141. The Morgan fingerprint density at radius 3 is 2.71 bits per heavy atom. The molecular weight excluding hydrogens is 286 g/mol. The second-order valence-electron chi connectivity index (χ2n) is 5.70. The molecule has 0 bridgehead atoms. The van der Waals surface area contributed by atoms with Crippen molar-refractivity contribution in [2.45, 2.75) is 46.0 Å². The van der Waals surface area contributed by atoms with Crippen LogP contribution in [0.1, 0.15) is 53.2 Å². The molecular formula is C16H23NO3S. The van der Waals surface area contributed by atoms with Crippen LogP contribution in [0.4, 0.5) is 0 Å². The Balaban J connectivity index is 2.12. The molecule has 1 aromatic rings. The minimum atomic E-state index is -0.858. The summed E-state index contributed by atoms with van der Waals surface area (Å²) in [6.45, 7) is 4.35. The van der Waals surface area contributed by atoms with E-state index in [9.17, 15) is 9.59 Å². The van der Waals surface area contributed by atoms with E-state index in [0.29, 0.717) is 6.54 Å². The van der Waals surface area contributed by atoms with Gasteiger partial charge in [-0.2, -0.15) is 0 Å². The zero-order valence-electron chi connectivity index (χ0n) is 12.7. The highest BCUT2D eigenvalue weighted by atomic mass is 32.1. The maximum absolute atomic E-state index is 12.6. The number of hydrogen-bond donors (Lipinski definition) is 1. The SMILES string of the molecule is CCN(CC(C)C(=O)O)C(=O)c1cc2c(s1)CCCCC2. The summed E-state index contributed by atoms with van der Waals surface area (Å²) in [6.07, 6.45) is 5.81. The van der Waals surface area contributed by atoms with Gasteiger partial charge >= 0.3 is 5.97 Å². The summed E-state index contributed by atoms with van der Waals surface area (Å²) in [5, 5.41) is 9.01. The van der Waals surface area contributed by atoms with Crippen LogP contribution < -0.4 is 0 Å². The fourth-order valence-electron chi connectivity index (χ4n) is 2.69. The molecule has 21 heavy (non-hydrogen) atoms. The third-order valence-corrected chi connectivity index (χ3v) is 5.27. The van der Waals surface area contributed by atoms with E-state index in [4.69, 9.17) is 5.11 Å². The van der Waals surface area contributed by atoms with Crippen LogP contribution in [0.5, 0.6) is 0 Å². The van der Waals surface area contributed by atoms with E-state index in [0.717, 1.165) is 17.7 Å². The number of rotatable bonds is 5. The van der Waals surface area contributed by atoms with Crippen molar-refractivity contribution < 1.29 is 14.7 Å². The summed E-state index contributed by atoms with van der Waals surface area (Å²) in [6, 6.07) is 2.03. The van der Waals surface area contributed by atoms with Crippen molar-refractivity contribution in [1.29, 1.82) is 0 Å². The largest absolute Gasteiger partial charge is 0.481 e. The van der Waals surface area contributed by atoms with E-state index in [2.05, 4.69) is 0 Å². The molecule has 1 unspecified atom stereocenters. The maximum atomic E-state index is 12.6. The van der Waals surface area contributed by atoms with Crippen molar-refractivity contribution in [1.82, 2.24) is 4.90 Å². The molecule has 2 rings (SSSR count). The first-order chi connectivity index (χ1) is 10.0. The summed E-state index contributed by atoms with van der Waals surface area (Å²) < 4.78 is 0. The highest BCUT2D eigenvalue weighted by molar-refractivity contribution is 7.14. The Morgan fingerprint density at radius 1 is 1.33 bits per heavy atom. The van der Waals surface area contributed by atoms with Crippen molar-refractivity contribution in [3.05, 3.63) is 21.4 Å². The molecule has 0 saturated carbocycles. The molecule has 1 atom stereocenters. The summed E-state index contributed by atoms with van der Waals surface area (Å²) >= 11 is 1.60. The molecule has 0 aliphatic heterocycles. The summed E-state index contributed by atoms with van der Waals surface area (Å²) in [4.78, 5) is 27.3. The summed E-state index contributed by atoms with van der Waals surface area (Å²) in [5.74, 6) is -1.42. The standard InChI is InChI=1S/C16H23NO3S/c1-3-17(10-11(2)16(19)20)15(18)14-9-12-7-5-4-6-8-13(12)21-14/h9,11H,3-8,10H2,1-2H3,(H,19,20). The fourth-order valence-corrected chi connectivity index (χ4v) is 3.91. The van der Waals surface area contributed by atoms with Gasteiger partial charge in [0.25, 0.3) is 5.91 Å². The Kier molecular flexibility index (Phi) is 5.39. The molecule has 0 aromatic carbocycles. The lowest BCUT2D eigenvalue weighted by atomic mass is 10.1. The molecule has 116 valence electrons. The Labute approximate surface area is 129 Å². The Hall–Kier alpha value is -1.36. The second kappa shape index (κ2) is 7.07. The molecule has 1 N–H and O–H groups in total. The average molecular weight is 309 g/mol. The number of hydrogen-bond acceptors (Lipinski definition) is 3. The van der Waals surface area contributed by atoms with Crippen LogP contribution in [-0.2, 0) is 17.6 Å². The van der Waals surface area contributed by atoms with Crippen LogP contribution in [0.15, 0.2) is 6.07 Å². The van der Waals surface area contributed by atoms with E-state index >= 15 is 0 Å². The molecule has 1 aliphatic carbocycles. The number of carbonyl (C=O) groups is 2. The number of fused-ring (bicyclic) bond motifs is 1. The zero-order chi connectivity index (χ0) is 15.4. The predicted octanol–water partition coefficient (Wildman–Crippen LogP) is 3.20. The number of carboxylic acids is 1. The number of amides is 1. The van der Waals surface area contributed by atoms with Crippen LogP contribution in [0.25, 0.3) is 0 Å². The van der Waals surface area contributed by atoms with E-state index in [1.54, 1.807) is 23.2 Å². The third kappa shape index (κ3) is 3.84. The van der Waals surface area contributed by atoms with Crippen LogP contribution in [0.2, 0.25) is 0 Å². The smallest absolute Gasteiger partial charge is 0.308 e. The first-order valence-corrected chi connectivity index (χ1v) is 8.48. The van der Waals surface area contributed by atoms with E-state index in [1.807, 2.05) is 13.0 Å². The Morgan fingerprint density at radius 2 is 2.05 bits per heavy atom. The number of thiophene rings is 1. The van der Waals surface area contributed by atoms with Gasteiger partial charge in [-0.1, -0.05) is 13.3 Å². The van der Waals surface area contributed by atoms with E-state index < -0.39 is 11.9 Å².